The highest BCUT2D eigenvalue weighted by Gasteiger charge is 2.83. The van der Waals surface area contributed by atoms with Crippen molar-refractivity contribution in [3.63, 3.8) is 0 Å². The average molecular weight is 504 g/mol. The van der Waals surface area contributed by atoms with Crippen molar-refractivity contribution in [3.05, 3.63) is 29.8 Å². The Morgan fingerprint density at radius 2 is 1.75 bits per heavy atom. The fourth-order valence-corrected chi connectivity index (χ4v) is 7.92. The number of rotatable bonds is 2. The van der Waals surface area contributed by atoms with E-state index in [1.54, 1.807) is 12.1 Å². The lowest BCUT2D eigenvalue weighted by atomic mass is 9.43. The lowest BCUT2D eigenvalue weighted by Crippen LogP contribution is -2.72. The van der Waals surface area contributed by atoms with Gasteiger partial charge < -0.3 is 44.1 Å². The van der Waals surface area contributed by atoms with Crippen LogP contribution in [0.1, 0.15) is 24.8 Å². The van der Waals surface area contributed by atoms with Crippen LogP contribution in [0.25, 0.3) is 0 Å². The Balaban J connectivity index is 1.37. The fourth-order valence-electron chi connectivity index (χ4n) is 7.92. The first kappa shape index (κ1) is 22.9. The zero-order chi connectivity index (χ0) is 25.1. The molecule has 6 aliphatic rings. The van der Waals surface area contributed by atoms with Gasteiger partial charge in [-0.25, -0.2) is 0 Å². The first-order valence-corrected chi connectivity index (χ1v) is 12.4. The molecule has 1 spiro atoms. The number of hydrogen-bond donors (Lipinski definition) is 4. The highest BCUT2D eigenvalue weighted by atomic mass is 16.8. The van der Waals surface area contributed by atoms with Gasteiger partial charge in [-0.2, -0.15) is 0 Å². The number of carbonyl (C=O) groups excluding carboxylic acids is 2. The van der Waals surface area contributed by atoms with E-state index in [9.17, 15) is 30.0 Å². The molecule has 0 amide bonds. The summed E-state index contributed by atoms with van der Waals surface area (Å²) in [5.41, 5.74) is -0.454. The second kappa shape index (κ2) is 7.62. The van der Waals surface area contributed by atoms with Gasteiger partial charge in [-0.15, -0.1) is 0 Å². The van der Waals surface area contributed by atoms with Gasteiger partial charge in [0.1, 0.15) is 35.6 Å². The van der Waals surface area contributed by atoms with Gasteiger partial charge in [0.15, 0.2) is 12.4 Å². The van der Waals surface area contributed by atoms with E-state index in [1.165, 1.54) is 12.1 Å². The molecule has 2 saturated carbocycles. The number of phenolic OH excluding ortho intramolecular Hbond substituents is 1. The van der Waals surface area contributed by atoms with E-state index in [-0.39, 0.29) is 29.6 Å². The van der Waals surface area contributed by atoms with E-state index in [2.05, 4.69) is 0 Å². The molecule has 194 valence electrons. The highest BCUT2D eigenvalue weighted by Crippen LogP contribution is 2.73. The number of esters is 2. The molecular weight excluding hydrogens is 476 g/mol. The minimum atomic E-state index is -1.57. The van der Waals surface area contributed by atoms with Crippen LogP contribution < -0.4 is 0 Å². The summed E-state index contributed by atoms with van der Waals surface area (Å²) in [6.45, 7) is 1.46. The second-order valence-electron chi connectivity index (χ2n) is 11.0. The van der Waals surface area contributed by atoms with Crippen LogP contribution in [0.4, 0.5) is 0 Å². The smallest absolute Gasteiger partial charge is 0.316 e. The molecule has 6 fully saturated rings. The third-order valence-corrected chi connectivity index (χ3v) is 9.37. The Kier molecular flexibility index (Phi) is 4.84. The fraction of sp³-hybridized carbons (Fsp3) is 0.680. The maximum atomic E-state index is 13.6. The molecule has 14 atom stereocenters. The Morgan fingerprint density at radius 1 is 1.00 bits per heavy atom. The van der Waals surface area contributed by atoms with Crippen LogP contribution in [0.3, 0.4) is 0 Å². The predicted octanol–water partition coefficient (Wildman–Crippen LogP) is -0.604. The summed E-state index contributed by atoms with van der Waals surface area (Å²) in [7, 11) is 0. The molecule has 4 saturated heterocycles. The lowest BCUT2D eigenvalue weighted by Gasteiger charge is -2.62. The van der Waals surface area contributed by atoms with Crippen LogP contribution in [0.2, 0.25) is 0 Å². The van der Waals surface area contributed by atoms with E-state index in [4.69, 9.17) is 23.7 Å². The molecule has 0 aromatic heterocycles. The molecule has 11 nitrogen and oxygen atoms in total. The van der Waals surface area contributed by atoms with Gasteiger partial charge in [-0.3, -0.25) is 9.59 Å². The monoisotopic (exact) mass is 504 g/mol. The Labute approximate surface area is 205 Å². The van der Waals surface area contributed by atoms with Crippen molar-refractivity contribution in [2.24, 2.45) is 29.1 Å². The van der Waals surface area contributed by atoms with E-state index >= 15 is 0 Å². The van der Waals surface area contributed by atoms with Crippen LogP contribution in [0.15, 0.2) is 24.3 Å². The van der Waals surface area contributed by atoms with Crippen molar-refractivity contribution >= 4 is 11.9 Å². The maximum Gasteiger partial charge on any atom is 0.316 e. The van der Waals surface area contributed by atoms with Crippen molar-refractivity contribution in [2.45, 2.75) is 68.5 Å². The number of benzene rings is 1. The minimum Gasteiger partial charge on any atom is -0.508 e. The van der Waals surface area contributed by atoms with Crippen LogP contribution in [-0.2, 0) is 33.3 Å². The van der Waals surface area contributed by atoms with E-state index in [1.807, 2.05) is 6.92 Å². The zero-order valence-electron chi connectivity index (χ0n) is 19.4. The molecule has 11 heteroatoms. The van der Waals surface area contributed by atoms with Crippen molar-refractivity contribution in [1.82, 2.24) is 0 Å². The summed E-state index contributed by atoms with van der Waals surface area (Å²) in [6, 6.07) is 6.36. The van der Waals surface area contributed by atoms with Gasteiger partial charge >= 0.3 is 11.9 Å². The normalized spacial score (nSPS) is 52.6. The van der Waals surface area contributed by atoms with Crippen molar-refractivity contribution in [3.8, 4) is 5.75 Å². The van der Waals surface area contributed by atoms with Crippen molar-refractivity contribution < 1.29 is 53.7 Å². The van der Waals surface area contributed by atoms with Crippen molar-refractivity contribution in [2.75, 3.05) is 6.61 Å². The summed E-state index contributed by atoms with van der Waals surface area (Å²) in [5.74, 6) is -3.14. The van der Waals surface area contributed by atoms with Crippen LogP contribution in [-0.4, -0.2) is 88.2 Å². The molecule has 2 bridgehead atoms. The molecule has 1 aromatic rings. The Hall–Kier alpha value is -2.28. The first-order chi connectivity index (χ1) is 17.3. The van der Waals surface area contributed by atoms with Crippen LogP contribution in [0.5, 0.6) is 5.75 Å². The SMILES string of the molecule is CC1CC2OC(=O)C34C5OC(OC6OC(CO)C(O)C(O)C6OC(=O)C5C3c3ccc(O)cc3)C1C24. The number of aliphatic hydroxyl groups is 3. The summed E-state index contributed by atoms with van der Waals surface area (Å²) in [6.07, 6.45) is -8.37. The number of ether oxygens (including phenoxy) is 5. The number of hydrogen-bond acceptors (Lipinski definition) is 11. The van der Waals surface area contributed by atoms with E-state index in [0.29, 0.717) is 12.0 Å². The van der Waals surface area contributed by atoms with Gasteiger partial charge in [0.05, 0.1) is 18.6 Å². The molecule has 4 N–H and O–H groups in total. The summed E-state index contributed by atoms with van der Waals surface area (Å²) < 4.78 is 30.0. The molecular formula is C25H28O11. The number of carbonyl (C=O) groups is 2. The average Bonchev–Trinajstić information content (AvgIpc) is 3.32. The Bertz CT molecular complexity index is 1090. The van der Waals surface area contributed by atoms with E-state index in [0.717, 1.165) is 0 Å². The highest BCUT2D eigenvalue weighted by molar-refractivity contribution is 5.90. The molecule has 36 heavy (non-hydrogen) atoms. The van der Waals surface area contributed by atoms with Crippen molar-refractivity contribution in [1.29, 1.82) is 0 Å². The largest absolute Gasteiger partial charge is 0.508 e. The molecule has 4 heterocycles. The molecule has 4 aliphatic heterocycles. The van der Waals surface area contributed by atoms with Gasteiger partial charge in [0.25, 0.3) is 0 Å². The number of fused-ring (bicyclic) bond motifs is 3. The maximum absolute atomic E-state index is 13.6. The zero-order valence-corrected chi connectivity index (χ0v) is 19.4. The summed E-state index contributed by atoms with van der Waals surface area (Å²) in [5, 5.41) is 40.7. The second-order valence-corrected chi connectivity index (χ2v) is 11.0. The van der Waals surface area contributed by atoms with Gasteiger partial charge in [-0.05, 0) is 30.0 Å². The van der Waals surface area contributed by atoms with Gasteiger partial charge in [0, 0.05) is 17.8 Å². The molecule has 7 rings (SSSR count). The van der Waals surface area contributed by atoms with Gasteiger partial charge in [0.2, 0.25) is 6.29 Å². The third-order valence-electron chi connectivity index (χ3n) is 9.37. The molecule has 2 aliphatic carbocycles. The van der Waals surface area contributed by atoms with Crippen LogP contribution >= 0.6 is 0 Å². The standard InChI is InChI=1S/C25H28O11/c1-8-6-11-16-13(8)22-35-20-14(15(25(16,20)24(31)33-11)9-2-4-10(27)5-3-9)21(30)34-19-18(29)17(28)12(7-26)32-23(19)36-22/h2-5,8,11-20,22-23,26-29H,6-7H2,1H3. The summed E-state index contributed by atoms with van der Waals surface area (Å²) >= 11 is 0. The van der Waals surface area contributed by atoms with Gasteiger partial charge in [-0.1, -0.05) is 19.1 Å². The number of aliphatic hydroxyl groups excluding tert-OH is 3. The van der Waals surface area contributed by atoms with E-state index < -0.39 is 78.9 Å². The molecule has 0 radical (unpaired) electrons. The minimum absolute atomic E-state index is 0.0505. The van der Waals surface area contributed by atoms with Crippen LogP contribution in [0, 0.1) is 29.1 Å². The quantitative estimate of drug-likeness (QED) is 0.381. The Morgan fingerprint density at radius 3 is 2.47 bits per heavy atom. The molecule has 14 unspecified atom stereocenters. The third kappa shape index (κ3) is 2.68. The number of aromatic hydroxyl groups is 1. The molecule has 1 aromatic carbocycles. The topological polar surface area (TPSA) is 161 Å². The summed E-state index contributed by atoms with van der Waals surface area (Å²) in [4.78, 5) is 27.2. The number of phenols is 1. The first-order valence-electron chi connectivity index (χ1n) is 12.4. The predicted molar refractivity (Wildman–Crippen MR) is 115 cm³/mol. The lowest BCUT2D eigenvalue weighted by molar-refractivity contribution is -0.374.